The number of nitrogens with one attached hydrogen (secondary N) is 1. The number of aromatic amines is 1. The molecule has 5 nitrogen and oxygen atoms in total. The summed E-state index contributed by atoms with van der Waals surface area (Å²) in [4.78, 5) is 26.4. The van der Waals surface area contributed by atoms with E-state index in [0.29, 0.717) is 10.9 Å². The van der Waals surface area contributed by atoms with Gasteiger partial charge in [-0.2, -0.15) is 0 Å². The highest BCUT2D eigenvalue weighted by molar-refractivity contribution is 6.43. The van der Waals surface area contributed by atoms with Crippen molar-refractivity contribution in [3.63, 3.8) is 0 Å². The summed E-state index contributed by atoms with van der Waals surface area (Å²) in [5.74, 6) is -2.14. The number of carbonyl (C=O) groups is 2. The zero-order valence-electron chi connectivity index (χ0n) is 12.8. The summed E-state index contributed by atoms with van der Waals surface area (Å²) in [5, 5.41) is 0.350. The number of methoxy groups -OCH3 is 1. The number of halogens is 1. The quantitative estimate of drug-likeness (QED) is 0.444. The van der Waals surface area contributed by atoms with Crippen LogP contribution in [0.5, 0.6) is 5.75 Å². The number of aromatic nitrogens is 1. The van der Waals surface area contributed by atoms with Crippen molar-refractivity contribution in [2.24, 2.45) is 0 Å². The Hall–Kier alpha value is -3.15. The molecule has 0 aliphatic rings. The first-order valence-electron chi connectivity index (χ1n) is 7.20. The third-order valence-corrected chi connectivity index (χ3v) is 3.56. The third-order valence-electron chi connectivity index (χ3n) is 3.56. The Morgan fingerprint density at radius 3 is 2.62 bits per heavy atom. The van der Waals surface area contributed by atoms with Crippen LogP contribution in [-0.2, 0) is 16.1 Å². The molecular weight excluding hydrogens is 313 g/mol. The van der Waals surface area contributed by atoms with Gasteiger partial charge in [0, 0.05) is 12.3 Å². The number of hydrogen-bond acceptors (Lipinski definition) is 4. The maximum absolute atomic E-state index is 13.8. The fourth-order valence-electron chi connectivity index (χ4n) is 2.43. The van der Waals surface area contributed by atoms with Crippen molar-refractivity contribution in [3.8, 4) is 5.75 Å². The normalized spacial score (nSPS) is 10.6. The largest absolute Gasteiger partial charge is 0.488 e. The van der Waals surface area contributed by atoms with Crippen LogP contribution in [0.15, 0.2) is 48.7 Å². The summed E-state index contributed by atoms with van der Waals surface area (Å²) in [6.07, 6.45) is 1.35. The van der Waals surface area contributed by atoms with Crippen molar-refractivity contribution in [2.45, 2.75) is 6.61 Å². The van der Waals surface area contributed by atoms with Crippen LogP contribution < -0.4 is 4.74 Å². The van der Waals surface area contributed by atoms with Crippen LogP contribution in [0.2, 0.25) is 0 Å². The van der Waals surface area contributed by atoms with Crippen LogP contribution in [-0.4, -0.2) is 23.8 Å². The predicted molar refractivity (Wildman–Crippen MR) is 85.4 cm³/mol. The van der Waals surface area contributed by atoms with E-state index < -0.39 is 17.6 Å². The van der Waals surface area contributed by atoms with Gasteiger partial charge in [0.15, 0.2) is 0 Å². The van der Waals surface area contributed by atoms with Crippen molar-refractivity contribution in [1.82, 2.24) is 4.98 Å². The number of Topliss-reactive ketones (excluding diaryl/α,β-unsaturated/α-hetero) is 1. The molecule has 0 saturated carbocycles. The van der Waals surface area contributed by atoms with E-state index in [1.807, 2.05) is 30.3 Å². The summed E-state index contributed by atoms with van der Waals surface area (Å²) in [6.45, 7) is 0.205. The molecule has 0 amide bonds. The van der Waals surface area contributed by atoms with Gasteiger partial charge in [0.05, 0.1) is 23.6 Å². The second-order valence-corrected chi connectivity index (χ2v) is 5.12. The SMILES string of the molecule is COC(=O)C(=O)c1c[nH]c2cc(F)cc(OCc3ccccc3)c12. The first-order valence-corrected chi connectivity index (χ1v) is 7.20. The molecule has 1 heterocycles. The molecule has 0 unspecified atom stereocenters. The van der Waals surface area contributed by atoms with E-state index in [1.54, 1.807) is 0 Å². The van der Waals surface area contributed by atoms with Crippen LogP contribution in [0, 0.1) is 5.82 Å². The van der Waals surface area contributed by atoms with Crippen LogP contribution >= 0.6 is 0 Å². The van der Waals surface area contributed by atoms with E-state index in [4.69, 9.17) is 4.74 Å². The molecule has 1 N–H and O–H groups in total. The molecule has 0 radical (unpaired) electrons. The Labute approximate surface area is 137 Å². The Balaban J connectivity index is 2.01. The van der Waals surface area contributed by atoms with Gasteiger partial charge in [0.25, 0.3) is 5.78 Å². The van der Waals surface area contributed by atoms with E-state index in [9.17, 15) is 14.0 Å². The summed E-state index contributed by atoms with van der Waals surface area (Å²) < 4.78 is 23.9. The number of hydrogen-bond donors (Lipinski definition) is 1. The second kappa shape index (κ2) is 6.54. The topological polar surface area (TPSA) is 68.4 Å². The third kappa shape index (κ3) is 2.99. The lowest BCUT2D eigenvalue weighted by Crippen LogP contribution is -2.15. The smallest absolute Gasteiger partial charge is 0.379 e. The lowest BCUT2D eigenvalue weighted by molar-refractivity contribution is -0.135. The molecule has 0 spiro atoms. The molecule has 6 heteroatoms. The number of benzene rings is 2. The van der Waals surface area contributed by atoms with Gasteiger partial charge in [-0.3, -0.25) is 4.79 Å². The highest BCUT2D eigenvalue weighted by atomic mass is 19.1. The molecule has 0 bridgehead atoms. The van der Waals surface area contributed by atoms with Gasteiger partial charge in [0.2, 0.25) is 0 Å². The monoisotopic (exact) mass is 327 g/mol. The van der Waals surface area contributed by atoms with Gasteiger partial charge < -0.3 is 14.5 Å². The minimum absolute atomic E-state index is 0.0833. The van der Waals surface area contributed by atoms with Crippen LogP contribution in [0.25, 0.3) is 10.9 Å². The zero-order valence-corrected chi connectivity index (χ0v) is 12.8. The van der Waals surface area contributed by atoms with Crippen molar-refractivity contribution in [2.75, 3.05) is 7.11 Å². The van der Waals surface area contributed by atoms with E-state index >= 15 is 0 Å². The number of ketones is 1. The number of H-pyrrole nitrogens is 1. The summed E-state index contributed by atoms with van der Waals surface area (Å²) in [7, 11) is 1.13. The average molecular weight is 327 g/mol. The molecule has 0 saturated heterocycles. The maximum atomic E-state index is 13.8. The summed E-state index contributed by atoms with van der Waals surface area (Å²) >= 11 is 0. The molecule has 0 fully saturated rings. The second-order valence-electron chi connectivity index (χ2n) is 5.12. The molecule has 3 aromatic rings. The molecule has 1 aromatic heterocycles. The lowest BCUT2D eigenvalue weighted by Gasteiger charge is -2.09. The Bertz CT molecular complexity index is 902. The number of ether oxygens (including phenoxy) is 2. The number of esters is 1. The van der Waals surface area contributed by atoms with E-state index in [-0.39, 0.29) is 17.9 Å². The molecular formula is C18H14FNO4. The van der Waals surface area contributed by atoms with Gasteiger partial charge in [-0.25, -0.2) is 9.18 Å². The zero-order chi connectivity index (χ0) is 17.1. The van der Waals surface area contributed by atoms with E-state index in [2.05, 4.69) is 9.72 Å². The van der Waals surface area contributed by atoms with Gasteiger partial charge in [0.1, 0.15) is 18.2 Å². The lowest BCUT2D eigenvalue weighted by atomic mass is 10.1. The number of carbonyl (C=O) groups excluding carboxylic acids is 2. The minimum atomic E-state index is -0.991. The highest BCUT2D eigenvalue weighted by Gasteiger charge is 2.23. The molecule has 0 aliphatic carbocycles. The van der Waals surface area contributed by atoms with E-state index in [1.165, 1.54) is 18.3 Å². The van der Waals surface area contributed by atoms with Crippen molar-refractivity contribution in [3.05, 3.63) is 65.6 Å². The number of fused-ring (bicyclic) bond motifs is 1. The first kappa shape index (κ1) is 15.7. The minimum Gasteiger partial charge on any atom is -0.488 e. The predicted octanol–water partition coefficient (Wildman–Crippen LogP) is 3.24. The Kier molecular flexibility index (Phi) is 4.29. The molecule has 0 atom stereocenters. The van der Waals surface area contributed by atoms with E-state index in [0.717, 1.165) is 12.7 Å². The Morgan fingerprint density at radius 1 is 1.17 bits per heavy atom. The van der Waals surface area contributed by atoms with Crippen LogP contribution in [0.3, 0.4) is 0 Å². The van der Waals surface area contributed by atoms with Crippen molar-refractivity contribution in [1.29, 1.82) is 0 Å². The highest BCUT2D eigenvalue weighted by Crippen LogP contribution is 2.31. The fraction of sp³-hybridized carbons (Fsp3) is 0.111. The molecule has 3 rings (SSSR count). The van der Waals surface area contributed by atoms with Crippen molar-refractivity contribution >= 4 is 22.7 Å². The molecule has 24 heavy (non-hydrogen) atoms. The van der Waals surface area contributed by atoms with Crippen LogP contribution in [0.4, 0.5) is 4.39 Å². The maximum Gasteiger partial charge on any atom is 0.379 e. The molecule has 0 aliphatic heterocycles. The van der Waals surface area contributed by atoms with Gasteiger partial charge in [-0.05, 0) is 11.6 Å². The van der Waals surface area contributed by atoms with Crippen molar-refractivity contribution < 1.29 is 23.5 Å². The summed E-state index contributed by atoms with van der Waals surface area (Å²) in [6, 6.07) is 11.8. The summed E-state index contributed by atoms with van der Waals surface area (Å²) in [5.41, 5.74) is 1.34. The fourth-order valence-corrected chi connectivity index (χ4v) is 2.43. The first-order chi connectivity index (χ1) is 11.6. The number of rotatable bonds is 5. The van der Waals surface area contributed by atoms with Crippen LogP contribution in [0.1, 0.15) is 15.9 Å². The van der Waals surface area contributed by atoms with Gasteiger partial charge in [-0.1, -0.05) is 30.3 Å². The molecule has 2 aromatic carbocycles. The van der Waals surface area contributed by atoms with Gasteiger partial charge in [-0.15, -0.1) is 0 Å². The molecule has 122 valence electrons. The Morgan fingerprint density at radius 2 is 1.92 bits per heavy atom. The average Bonchev–Trinajstić information content (AvgIpc) is 3.02. The van der Waals surface area contributed by atoms with Gasteiger partial charge >= 0.3 is 5.97 Å². The standard InChI is InChI=1S/C18H14FNO4/c1-23-18(22)17(21)13-9-20-14-7-12(19)8-15(16(13)14)24-10-11-5-3-2-4-6-11/h2-9,20H,10H2,1H3.